The van der Waals surface area contributed by atoms with Gasteiger partial charge >= 0.3 is 6.09 Å². The molecule has 6 nitrogen and oxygen atoms in total. The summed E-state index contributed by atoms with van der Waals surface area (Å²) in [4.78, 5) is 12.7. The summed E-state index contributed by atoms with van der Waals surface area (Å²) >= 11 is 6.71. The third-order valence-electron chi connectivity index (χ3n) is 2.56. The van der Waals surface area contributed by atoms with Crippen LogP contribution in [0.15, 0.2) is 16.3 Å². The third-order valence-corrected chi connectivity index (χ3v) is 5.74. The van der Waals surface area contributed by atoms with Gasteiger partial charge in [0.1, 0.15) is 10.8 Å². The van der Waals surface area contributed by atoms with Crippen molar-refractivity contribution >= 4 is 39.1 Å². The molecule has 1 aromatic rings. The number of carbonyl (C=O) groups is 1. The van der Waals surface area contributed by atoms with Crippen molar-refractivity contribution in [3.05, 3.63) is 16.5 Å². The Morgan fingerprint density at radius 1 is 1.47 bits per heavy atom. The zero-order chi connectivity index (χ0) is 13.9. The van der Waals surface area contributed by atoms with E-state index in [0.717, 1.165) is 11.3 Å². The number of amides is 1. The van der Waals surface area contributed by atoms with Crippen molar-refractivity contribution in [3.8, 4) is 0 Å². The highest BCUT2D eigenvalue weighted by atomic mass is 35.5. The maximum Gasteiger partial charge on any atom is 0.409 e. The van der Waals surface area contributed by atoms with Gasteiger partial charge in [-0.2, -0.15) is 0 Å². The van der Waals surface area contributed by atoms with E-state index in [9.17, 15) is 13.2 Å². The highest BCUT2D eigenvalue weighted by Gasteiger charge is 2.21. The van der Waals surface area contributed by atoms with Crippen molar-refractivity contribution in [3.63, 3.8) is 0 Å². The zero-order valence-corrected chi connectivity index (χ0v) is 12.4. The number of rotatable bonds is 6. The van der Waals surface area contributed by atoms with Gasteiger partial charge in [-0.1, -0.05) is 11.6 Å². The van der Waals surface area contributed by atoms with E-state index in [1.54, 1.807) is 11.0 Å². The molecule has 1 aliphatic heterocycles. The van der Waals surface area contributed by atoms with Crippen LogP contribution in [-0.2, 0) is 14.8 Å². The number of hydrogen-bond acceptors (Lipinski definition) is 5. The summed E-state index contributed by atoms with van der Waals surface area (Å²) < 4.78 is 31.5. The summed E-state index contributed by atoms with van der Waals surface area (Å²) in [6.07, 6.45) is 0.195. The molecule has 0 radical (unpaired) electrons. The molecule has 1 saturated heterocycles. The van der Waals surface area contributed by atoms with E-state index in [1.807, 2.05) is 0 Å². The molecule has 1 aliphatic rings. The predicted molar refractivity (Wildman–Crippen MR) is 72.1 cm³/mol. The Labute approximate surface area is 120 Å². The van der Waals surface area contributed by atoms with Gasteiger partial charge in [0.2, 0.25) is 10.0 Å². The molecule has 0 saturated carbocycles. The lowest BCUT2D eigenvalue weighted by Crippen LogP contribution is -2.30. The van der Waals surface area contributed by atoms with Crippen LogP contribution in [-0.4, -0.2) is 45.7 Å². The van der Waals surface area contributed by atoms with Crippen LogP contribution in [0.25, 0.3) is 0 Å². The van der Waals surface area contributed by atoms with E-state index in [2.05, 4.69) is 4.72 Å². The maximum atomic E-state index is 11.8. The Kier molecular flexibility index (Phi) is 4.67. The van der Waals surface area contributed by atoms with Crippen LogP contribution in [0.2, 0.25) is 4.34 Å². The Bertz CT molecular complexity index is 558. The lowest BCUT2D eigenvalue weighted by atomic mass is 10.4. The van der Waals surface area contributed by atoms with Crippen LogP contribution in [0, 0.1) is 0 Å². The van der Waals surface area contributed by atoms with Gasteiger partial charge in [-0.25, -0.2) is 17.9 Å². The summed E-state index contributed by atoms with van der Waals surface area (Å²) in [5.41, 5.74) is 0. The molecule has 1 fully saturated rings. The van der Waals surface area contributed by atoms with Crippen molar-refractivity contribution in [2.75, 3.05) is 26.2 Å². The Balaban J connectivity index is 1.77. The summed E-state index contributed by atoms with van der Waals surface area (Å²) in [7, 11) is -3.50. The van der Waals surface area contributed by atoms with Gasteiger partial charge in [0.05, 0.1) is 10.9 Å². The first-order chi connectivity index (χ1) is 8.99. The molecule has 0 spiro atoms. The van der Waals surface area contributed by atoms with Crippen molar-refractivity contribution in [1.82, 2.24) is 9.62 Å². The first-order valence-corrected chi connectivity index (χ1v) is 8.33. The molecule has 0 atom stereocenters. The molecular formula is C10H13ClN2O4S2. The smallest absolute Gasteiger partial charge is 0.409 e. The molecule has 0 bridgehead atoms. The quantitative estimate of drug-likeness (QED) is 0.805. The molecule has 2 heterocycles. The normalized spacial score (nSPS) is 15.8. The molecule has 0 aromatic carbocycles. The van der Waals surface area contributed by atoms with Crippen molar-refractivity contribution < 1.29 is 17.9 Å². The molecule has 0 aliphatic carbocycles. The van der Waals surface area contributed by atoms with Gasteiger partial charge in [0, 0.05) is 13.1 Å². The Morgan fingerprint density at radius 2 is 2.26 bits per heavy atom. The van der Waals surface area contributed by atoms with Gasteiger partial charge < -0.3 is 9.64 Å². The fourth-order valence-electron chi connectivity index (χ4n) is 1.62. The molecule has 9 heteroatoms. The van der Waals surface area contributed by atoms with E-state index in [4.69, 9.17) is 16.3 Å². The van der Waals surface area contributed by atoms with Crippen molar-refractivity contribution in [1.29, 1.82) is 0 Å². The molecule has 1 aromatic heterocycles. The standard InChI is InChI=1S/C10H13ClN2O4S2/c11-8-2-3-9(18-8)19(15,16)12-4-1-5-13-6-7-17-10(13)14/h2-3,12H,1,4-7H2. The Hall–Kier alpha value is -0.830. The minimum absolute atomic E-state index is 0.193. The second-order valence-corrected chi connectivity index (χ2v) is 7.62. The van der Waals surface area contributed by atoms with E-state index >= 15 is 0 Å². The first-order valence-electron chi connectivity index (χ1n) is 5.66. The Morgan fingerprint density at radius 3 is 2.84 bits per heavy atom. The number of carbonyl (C=O) groups excluding carboxylic acids is 1. The van der Waals surface area contributed by atoms with Gasteiger partial charge in [-0.3, -0.25) is 0 Å². The van der Waals surface area contributed by atoms with Crippen LogP contribution in [0.1, 0.15) is 6.42 Å². The van der Waals surface area contributed by atoms with Crippen molar-refractivity contribution in [2.45, 2.75) is 10.6 Å². The minimum atomic E-state index is -3.50. The number of cyclic esters (lactones) is 1. The summed E-state index contributed by atoms with van der Waals surface area (Å²) in [6, 6.07) is 3.01. The molecular weight excluding hydrogens is 312 g/mol. The SMILES string of the molecule is O=C1OCCN1CCCNS(=O)(=O)c1ccc(Cl)s1. The number of thiophene rings is 1. The van der Waals surface area contributed by atoms with Gasteiger partial charge in [0.15, 0.2) is 0 Å². The van der Waals surface area contributed by atoms with Gasteiger partial charge in [-0.15, -0.1) is 11.3 Å². The fourth-order valence-corrected chi connectivity index (χ4v) is 4.22. The van der Waals surface area contributed by atoms with E-state index in [1.165, 1.54) is 6.07 Å². The molecule has 19 heavy (non-hydrogen) atoms. The molecule has 1 amide bonds. The molecule has 2 rings (SSSR count). The predicted octanol–water partition coefficient (Wildman–Crippen LogP) is 1.52. The monoisotopic (exact) mass is 324 g/mol. The van der Waals surface area contributed by atoms with E-state index < -0.39 is 10.0 Å². The highest BCUT2D eigenvalue weighted by molar-refractivity contribution is 7.91. The second kappa shape index (κ2) is 6.08. The summed E-state index contributed by atoms with van der Waals surface area (Å²) in [5, 5.41) is 0. The number of halogens is 1. The van der Waals surface area contributed by atoms with E-state index in [0.29, 0.717) is 30.5 Å². The van der Waals surface area contributed by atoms with Crippen LogP contribution < -0.4 is 4.72 Å². The molecule has 106 valence electrons. The number of nitrogens with zero attached hydrogens (tertiary/aromatic N) is 1. The van der Waals surface area contributed by atoms with Crippen LogP contribution >= 0.6 is 22.9 Å². The zero-order valence-electron chi connectivity index (χ0n) is 9.96. The fraction of sp³-hybridized carbons (Fsp3) is 0.500. The number of ether oxygens (including phenoxy) is 1. The number of nitrogens with one attached hydrogen (secondary N) is 1. The largest absolute Gasteiger partial charge is 0.448 e. The maximum absolute atomic E-state index is 11.8. The first kappa shape index (κ1) is 14.6. The van der Waals surface area contributed by atoms with Crippen LogP contribution in [0.5, 0.6) is 0 Å². The average Bonchev–Trinajstić information content (AvgIpc) is 2.94. The topological polar surface area (TPSA) is 75.7 Å². The minimum Gasteiger partial charge on any atom is -0.448 e. The number of hydrogen-bond donors (Lipinski definition) is 1. The van der Waals surface area contributed by atoms with Crippen molar-refractivity contribution in [2.24, 2.45) is 0 Å². The third kappa shape index (κ3) is 3.82. The lowest BCUT2D eigenvalue weighted by Gasteiger charge is -2.12. The molecule has 1 N–H and O–H groups in total. The van der Waals surface area contributed by atoms with E-state index in [-0.39, 0.29) is 16.8 Å². The molecule has 0 unspecified atom stereocenters. The second-order valence-electron chi connectivity index (χ2n) is 3.91. The summed E-state index contributed by atoms with van der Waals surface area (Å²) in [6.45, 7) is 1.71. The summed E-state index contributed by atoms with van der Waals surface area (Å²) in [5.74, 6) is 0. The van der Waals surface area contributed by atoms with Crippen LogP contribution in [0.4, 0.5) is 4.79 Å². The number of sulfonamides is 1. The van der Waals surface area contributed by atoms with Gasteiger partial charge in [0.25, 0.3) is 0 Å². The lowest BCUT2D eigenvalue weighted by molar-refractivity contribution is 0.158. The highest BCUT2D eigenvalue weighted by Crippen LogP contribution is 2.25. The van der Waals surface area contributed by atoms with Crippen LogP contribution in [0.3, 0.4) is 0 Å². The average molecular weight is 325 g/mol. The van der Waals surface area contributed by atoms with Gasteiger partial charge in [-0.05, 0) is 18.6 Å².